The predicted octanol–water partition coefficient (Wildman–Crippen LogP) is 2.17. The molecule has 0 bridgehead atoms. The van der Waals surface area contributed by atoms with Crippen LogP contribution in [0.15, 0.2) is 12.4 Å². The third-order valence-corrected chi connectivity index (χ3v) is 3.77. The molecule has 2 rings (SSSR count). The Hall–Kier alpha value is -1.16. The van der Waals surface area contributed by atoms with Crippen molar-refractivity contribution in [1.82, 2.24) is 9.97 Å². The van der Waals surface area contributed by atoms with Gasteiger partial charge in [0.1, 0.15) is 12.1 Å². The zero-order chi connectivity index (χ0) is 13.0. The Morgan fingerprint density at radius 2 is 2.11 bits per heavy atom. The fraction of sp³-hybridized carbons (Fsp3) is 0.714. The van der Waals surface area contributed by atoms with Crippen LogP contribution in [-0.2, 0) is 6.42 Å². The van der Waals surface area contributed by atoms with Gasteiger partial charge in [0.15, 0.2) is 0 Å². The lowest BCUT2D eigenvalue weighted by Gasteiger charge is -2.35. The normalized spacial score (nSPS) is 23.9. The summed E-state index contributed by atoms with van der Waals surface area (Å²) in [6, 6.07) is 2.24. The average Bonchev–Trinajstić information content (AvgIpc) is 2.39. The van der Waals surface area contributed by atoms with Crippen LogP contribution in [0, 0.1) is 0 Å². The number of anilines is 1. The highest BCUT2D eigenvalue weighted by molar-refractivity contribution is 5.39. The molecule has 0 radical (unpaired) electrons. The van der Waals surface area contributed by atoms with Gasteiger partial charge in [-0.05, 0) is 19.3 Å². The predicted molar refractivity (Wildman–Crippen MR) is 72.7 cm³/mol. The molecule has 1 saturated carbocycles. The highest BCUT2D eigenvalue weighted by atomic mass is 16.3. The van der Waals surface area contributed by atoms with E-state index in [-0.39, 0.29) is 12.1 Å². The molecule has 4 heteroatoms. The van der Waals surface area contributed by atoms with E-state index in [0.717, 1.165) is 43.6 Å². The molecule has 0 aliphatic heterocycles. The van der Waals surface area contributed by atoms with Gasteiger partial charge in [-0.2, -0.15) is 0 Å². The van der Waals surface area contributed by atoms with E-state index < -0.39 is 0 Å². The summed E-state index contributed by atoms with van der Waals surface area (Å²) in [4.78, 5) is 10.7. The molecule has 0 saturated heterocycles. The van der Waals surface area contributed by atoms with Gasteiger partial charge in [0.05, 0.1) is 12.1 Å². The van der Waals surface area contributed by atoms with E-state index in [4.69, 9.17) is 0 Å². The topological polar surface area (TPSA) is 49.2 Å². The zero-order valence-corrected chi connectivity index (χ0v) is 11.3. The number of hydrogen-bond donors (Lipinski definition) is 1. The van der Waals surface area contributed by atoms with E-state index in [0.29, 0.717) is 0 Å². The minimum atomic E-state index is -0.228. The van der Waals surface area contributed by atoms with Gasteiger partial charge in [0.25, 0.3) is 0 Å². The van der Waals surface area contributed by atoms with E-state index in [1.807, 2.05) is 13.1 Å². The maximum absolute atomic E-state index is 10.1. The van der Waals surface area contributed by atoms with Crippen molar-refractivity contribution in [1.29, 1.82) is 0 Å². The molecule has 2 unspecified atom stereocenters. The van der Waals surface area contributed by atoms with Gasteiger partial charge in [-0.1, -0.05) is 26.2 Å². The van der Waals surface area contributed by atoms with Crippen LogP contribution in [0.5, 0.6) is 0 Å². The Morgan fingerprint density at radius 3 is 2.83 bits per heavy atom. The van der Waals surface area contributed by atoms with Crippen molar-refractivity contribution in [3.05, 3.63) is 18.1 Å². The van der Waals surface area contributed by atoms with Crippen molar-refractivity contribution in [3.63, 3.8) is 0 Å². The molecule has 1 N–H and O–H groups in total. The molecule has 1 aliphatic rings. The molecule has 1 aromatic heterocycles. The van der Waals surface area contributed by atoms with Crippen LogP contribution in [0.25, 0.3) is 0 Å². The molecule has 2 atom stereocenters. The van der Waals surface area contributed by atoms with Crippen LogP contribution in [-0.4, -0.2) is 34.3 Å². The van der Waals surface area contributed by atoms with Crippen molar-refractivity contribution in [3.8, 4) is 0 Å². The van der Waals surface area contributed by atoms with Crippen molar-refractivity contribution in [2.45, 2.75) is 57.6 Å². The Labute approximate surface area is 109 Å². The molecule has 18 heavy (non-hydrogen) atoms. The van der Waals surface area contributed by atoms with Crippen molar-refractivity contribution in [2.24, 2.45) is 0 Å². The van der Waals surface area contributed by atoms with Crippen LogP contribution in [0.3, 0.4) is 0 Å². The Balaban J connectivity index is 2.11. The first-order chi connectivity index (χ1) is 8.72. The third kappa shape index (κ3) is 2.99. The molecule has 1 heterocycles. The van der Waals surface area contributed by atoms with Crippen LogP contribution in [0.4, 0.5) is 5.82 Å². The average molecular weight is 249 g/mol. The monoisotopic (exact) mass is 249 g/mol. The Morgan fingerprint density at radius 1 is 1.33 bits per heavy atom. The Kier molecular flexibility index (Phi) is 4.53. The number of rotatable bonds is 4. The lowest BCUT2D eigenvalue weighted by Crippen LogP contribution is -2.43. The summed E-state index contributed by atoms with van der Waals surface area (Å²) in [5.74, 6) is 0.930. The zero-order valence-electron chi connectivity index (χ0n) is 11.3. The van der Waals surface area contributed by atoms with Crippen LogP contribution < -0.4 is 4.90 Å². The lowest BCUT2D eigenvalue weighted by atomic mass is 9.91. The number of aliphatic hydroxyl groups is 1. The van der Waals surface area contributed by atoms with Crippen molar-refractivity contribution in [2.75, 3.05) is 11.9 Å². The summed E-state index contributed by atoms with van der Waals surface area (Å²) < 4.78 is 0. The second kappa shape index (κ2) is 6.14. The van der Waals surface area contributed by atoms with E-state index >= 15 is 0 Å². The van der Waals surface area contributed by atoms with E-state index in [2.05, 4.69) is 21.8 Å². The number of aromatic nitrogens is 2. The summed E-state index contributed by atoms with van der Waals surface area (Å²) in [5.41, 5.74) is 1.08. The van der Waals surface area contributed by atoms with Gasteiger partial charge in [-0.15, -0.1) is 0 Å². The molecule has 1 fully saturated rings. The minimum Gasteiger partial charge on any atom is -0.391 e. The quantitative estimate of drug-likeness (QED) is 0.888. The van der Waals surface area contributed by atoms with Crippen LogP contribution >= 0.6 is 0 Å². The number of likely N-dealkylation sites (N-methyl/N-ethyl adjacent to an activating group) is 1. The Bertz CT molecular complexity index is 383. The largest absolute Gasteiger partial charge is 0.391 e. The van der Waals surface area contributed by atoms with Gasteiger partial charge in [0, 0.05) is 18.8 Å². The maximum Gasteiger partial charge on any atom is 0.132 e. The number of hydrogen-bond acceptors (Lipinski definition) is 4. The first-order valence-electron chi connectivity index (χ1n) is 6.94. The molecule has 0 amide bonds. The van der Waals surface area contributed by atoms with Crippen molar-refractivity contribution >= 4 is 5.82 Å². The molecular weight excluding hydrogens is 226 g/mol. The fourth-order valence-corrected chi connectivity index (χ4v) is 2.68. The molecule has 4 nitrogen and oxygen atoms in total. The number of aryl methyl sites for hydroxylation is 1. The van der Waals surface area contributed by atoms with E-state index in [1.165, 1.54) is 6.42 Å². The molecule has 100 valence electrons. The SMILES string of the molecule is CCCc1cc(N(C)C2CCCCC2O)ncn1. The summed E-state index contributed by atoms with van der Waals surface area (Å²) in [6.45, 7) is 2.15. The van der Waals surface area contributed by atoms with Crippen LogP contribution in [0.2, 0.25) is 0 Å². The minimum absolute atomic E-state index is 0.197. The standard InChI is InChI=1S/C14H23N3O/c1-3-6-11-9-14(16-10-15-11)17(2)12-7-4-5-8-13(12)18/h9-10,12-13,18H,3-8H2,1-2H3. The van der Waals surface area contributed by atoms with Gasteiger partial charge >= 0.3 is 0 Å². The van der Waals surface area contributed by atoms with E-state index in [1.54, 1.807) is 6.33 Å². The first-order valence-corrected chi connectivity index (χ1v) is 6.94. The van der Waals surface area contributed by atoms with Crippen molar-refractivity contribution < 1.29 is 5.11 Å². The number of aliphatic hydroxyl groups excluding tert-OH is 1. The van der Waals surface area contributed by atoms with E-state index in [9.17, 15) is 5.11 Å². The van der Waals surface area contributed by atoms with Gasteiger partial charge in [-0.25, -0.2) is 9.97 Å². The summed E-state index contributed by atoms with van der Waals surface area (Å²) >= 11 is 0. The van der Waals surface area contributed by atoms with Gasteiger partial charge < -0.3 is 10.0 Å². The third-order valence-electron chi connectivity index (χ3n) is 3.77. The van der Waals surface area contributed by atoms with Gasteiger partial charge in [0.2, 0.25) is 0 Å². The molecular formula is C14H23N3O. The fourth-order valence-electron chi connectivity index (χ4n) is 2.68. The smallest absolute Gasteiger partial charge is 0.132 e. The molecule has 1 aromatic rings. The molecule has 0 spiro atoms. The first kappa shape index (κ1) is 13.3. The second-order valence-electron chi connectivity index (χ2n) is 5.15. The maximum atomic E-state index is 10.1. The van der Waals surface area contributed by atoms with Crippen LogP contribution in [0.1, 0.15) is 44.7 Å². The number of nitrogens with zero attached hydrogens (tertiary/aromatic N) is 3. The molecule has 1 aliphatic carbocycles. The lowest BCUT2D eigenvalue weighted by molar-refractivity contribution is 0.106. The summed E-state index contributed by atoms with van der Waals surface area (Å²) in [5, 5.41) is 10.1. The summed E-state index contributed by atoms with van der Waals surface area (Å²) in [6.07, 6.45) is 7.75. The second-order valence-corrected chi connectivity index (χ2v) is 5.15. The van der Waals surface area contributed by atoms with Gasteiger partial charge in [-0.3, -0.25) is 0 Å². The highest BCUT2D eigenvalue weighted by Crippen LogP contribution is 2.25. The summed E-state index contributed by atoms with van der Waals surface area (Å²) in [7, 11) is 2.03. The molecule has 0 aromatic carbocycles. The highest BCUT2D eigenvalue weighted by Gasteiger charge is 2.27.